The van der Waals surface area contributed by atoms with Gasteiger partial charge in [-0.2, -0.15) is 0 Å². The zero-order chi connectivity index (χ0) is 17.9. The Balaban J connectivity index is 1.80. The van der Waals surface area contributed by atoms with Gasteiger partial charge in [0.1, 0.15) is 11.3 Å². The van der Waals surface area contributed by atoms with Crippen molar-refractivity contribution in [2.24, 2.45) is 0 Å². The van der Waals surface area contributed by atoms with E-state index in [2.05, 4.69) is 21.0 Å². The molecule has 4 rings (SSSR count). The molecule has 0 atom stereocenters. The first-order valence-electron chi connectivity index (χ1n) is 8.35. The molecule has 0 aliphatic carbocycles. The molecule has 2 aromatic heterocycles. The van der Waals surface area contributed by atoms with Crippen LogP contribution in [0.25, 0.3) is 11.0 Å². The van der Waals surface area contributed by atoms with Crippen molar-refractivity contribution in [3.63, 3.8) is 0 Å². The van der Waals surface area contributed by atoms with Crippen molar-refractivity contribution in [2.75, 3.05) is 4.90 Å². The second-order valence-electron chi connectivity index (χ2n) is 6.13. The number of aryl methyl sites for hydroxylation is 1. The van der Waals surface area contributed by atoms with Crippen LogP contribution in [0.1, 0.15) is 11.1 Å². The molecule has 0 amide bonds. The van der Waals surface area contributed by atoms with Crippen molar-refractivity contribution in [1.29, 1.82) is 0 Å². The Labute approximate surface area is 151 Å². The fraction of sp³-hybridized carbons (Fsp3) is 0.0952. The summed E-state index contributed by atoms with van der Waals surface area (Å²) in [4.78, 5) is 15.3. The van der Waals surface area contributed by atoms with Gasteiger partial charge in [-0.15, -0.1) is 0 Å². The molecule has 4 nitrogen and oxygen atoms in total. The maximum Gasteiger partial charge on any atom is 0.230 e. The van der Waals surface area contributed by atoms with Gasteiger partial charge in [0.2, 0.25) is 5.95 Å². The molecule has 0 fully saturated rings. The zero-order valence-corrected chi connectivity index (χ0v) is 14.3. The lowest BCUT2D eigenvalue weighted by Gasteiger charge is -2.23. The molecular weight excluding hydrogens is 327 g/mol. The van der Waals surface area contributed by atoms with Gasteiger partial charge in [-0.3, -0.25) is 4.98 Å². The molecule has 0 bridgehead atoms. The van der Waals surface area contributed by atoms with E-state index in [9.17, 15) is 4.39 Å². The highest BCUT2D eigenvalue weighted by molar-refractivity contribution is 5.75. The molecule has 5 heteroatoms. The van der Waals surface area contributed by atoms with Gasteiger partial charge >= 0.3 is 0 Å². The predicted molar refractivity (Wildman–Crippen MR) is 101 cm³/mol. The Morgan fingerprint density at radius 2 is 1.81 bits per heavy atom. The number of benzene rings is 2. The van der Waals surface area contributed by atoms with E-state index in [-0.39, 0.29) is 5.82 Å². The van der Waals surface area contributed by atoms with Crippen LogP contribution in [0.4, 0.5) is 16.0 Å². The van der Waals surface area contributed by atoms with Gasteiger partial charge in [0, 0.05) is 11.9 Å². The molecule has 0 aliphatic heterocycles. The quantitative estimate of drug-likeness (QED) is 0.533. The van der Waals surface area contributed by atoms with Crippen molar-refractivity contribution in [3.05, 3.63) is 90.0 Å². The summed E-state index contributed by atoms with van der Waals surface area (Å²) in [5, 5.41) is 0. The Morgan fingerprint density at radius 3 is 2.65 bits per heavy atom. The first-order valence-corrected chi connectivity index (χ1v) is 8.35. The Kier molecular flexibility index (Phi) is 4.27. The van der Waals surface area contributed by atoms with E-state index in [0.717, 1.165) is 16.6 Å². The number of rotatable bonds is 4. The largest absolute Gasteiger partial charge is 0.306 e. The van der Waals surface area contributed by atoms with Gasteiger partial charge in [-0.05, 0) is 42.8 Å². The van der Waals surface area contributed by atoms with Crippen LogP contribution in [0.15, 0.2) is 73.1 Å². The Bertz CT molecular complexity index is 1060. The predicted octanol–water partition coefficient (Wildman–Crippen LogP) is 4.81. The summed E-state index contributed by atoms with van der Waals surface area (Å²) in [5.74, 6) is 0.219. The van der Waals surface area contributed by atoms with Crippen LogP contribution in [0.3, 0.4) is 0 Å². The summed E-state index contributed by atoms with van der Waals surface area (Å²) in [6, 6.07) is 18.4. The van der Waals surface area contributed by atoms with E-state index in [1.165, 1.54) is 17.7 Å². The van der Waals surface area contributed by atoms with Crippen LogP contribution in [0, 0.1) is 12.7 Å². The summed E-state index contributed by atoms with van der Waals surface area (Å²) < 4.78 is 13.8. The van der Waals surface area contributed by atoms with E-state index in [1.54, 1.807) is 18.5 Å². The highest BCUT2D eigenvalue weighted by atomic mass is 19.1. The van der Waals surface area contributed by atoms with E-state index in [0.29, 0.717) is 18.2 Å². The second-order valence-corrected chi connectivity index (χ2v) is 6.13. The third kappa shape index (κ3) is 3.37. The van der Waals surface area contributed by atoms with Crippen molar-refractivity contribution in [2.45, 2.75) is 13.5 Å². The number of aromatic nitrogens is 3. The average Bonchev–Trinajstić information content (AvgIpc) is 2.66. The van der Waals surface area contributed by atoms with Crippen LogP contribution in [0.2, 0.25) is 0 Å². The normalized spacial score (nSPS) is 10.8. The molecule has 0 saturated carbocycles. The minimum atomic E-state index is -0.292. The number of hydrogen-bond donors (Lipinski definition) is 0. The number of halogens is 1. The smallest absolute Gasteiger partial charge is 0.230 e. The summed E-state index contributed by atoms with van der Waals surface area (Å²) in [6.45, 7) is 2.59. The minimum absolute atomic E-state index is 0.292. The molecule has 2 aromatic carbocycles. The van der Waals surface area contributed by atoms with E-state index >= 15 is 0 Å². The Morgan fingerprint density at radius 1 is 0.923 bits per heavy atom. The van der Waals surface area contributed by atoms with Crippen LogP contribution >= 0.6 is 0 Å². The molecule has 0 aliphatic rings. The highest BCUT2D eigenvalue weighted by Gasteiger charge is 2.15. The van der Waals surface area contributed by atoms with Gasteiger partial charge in [0.05, 0.1) is 18.3 Å². The third-order valence-corrected chi connectivity index (χ3v) is 4.12. The van der Waals surface area contributed by atoms with Crippen LogP contribution in [0.5, 0.6) is 0 Å². The molecule has 0 saturated heterocycles. The lowest BCUT2D eigenvalue weighted by Crippen LogP contribution is -2.19. The number of hydrogen-bond acceptors (Lipinski definition) is 4. The van der Waals surface area contributed by atoms with Gasteiger partial charge in [-0.25, -0.2) is 14.4 Å². The van der Waals surface area contributed by atoms with Crippen LogP contribution in [-0.4, -0.2) is 15.0 Å². The SMILES string of the molecule is Cc1cccc(CN(c2cccc(F)c2)c2ncc3ncccc3n2)c1. The topological polar surface area (TPSA) is 41.9 Å². The van der Waals surface area contributed by atoms with Gasteiger partial charge in [0.15, 0.2) is 0 Å². The highest BCUT2D eigenvalue weighted by Crippen LogP contribution is 2.26. The van der Waals surface area contributed by atoms with Gasteiger partial charge in [-0.1, -0.05) is 35.9 Å². The molecular formula is C21H17FN4. The Hall–Kier alpha value is -3.34. The maximum absolute atomic E-state index is 13.8. The van der Waals surface area contributed by atoms with Crippen molar-refractivity contribution in [3.8, 4) is 0 Å². The molecule has 0 unspecified atom stereocenters. The summed E-state index contributed by atoms with van der Waals surface area (Å²) in [6.07, 6.45) is 3.41. The maximum atomic E-state index is 13.8. The fourth-order valence-corrected chi connectivity index (χ4v) is 2.90. The van der Waals surface area contributed by atoms with Crippen molar-refractivity contribution < 1.29 is 4.39 Å². The van der Waals surface area contributed by atoms with Crippen molar-refractivity contribution >= 4 is 22.7 Å². The zero-order valence-electron chi connectivity index (χ0n) is 14.3. The first kappa shape index (κ1) is 16.1. The van der Waals surface area contributed by atoms with E-state index < -0.39 is 0 Å². The fourth-order valence-electron chi connectivity index (χ4n) is 2.90. The second kappa shape index (κ2) is 6.88. The first-order chi connectivity index (χ1) is 12.7. The third-order valence-electron chi connectivity index (χ3n) is 4.12. The standard InChI is InChI=1S/C21H17FN4/c1-15-5-2-6-16(11-15)14-26(18-8-3-7-17(22)12-18)21-24-13-20-19(25-21)9-4-10-23-20/h2-13H,14H2,1H3. The molecule has 128 valence electrons. The molecule has 0 radical (unpaired) electrons. The lowest BCUT2D eigenvalue weighted by atomic mass is 10.1. The van der Waals surface area contributed by atoms with Gasteiger partial charge in [0.25, 0.3) is 0 Å². The monoisotopic (exact) mass is 344 g/mol. The number of anilines is 2. The molecule has 26 heavy (non-hydrogen) atoms. The van der Waals surface area contributed by atoms with Gasteiger partial charge < -0.3 is 4.90 Å². The van der Waals surface area contributed by atoms with Crippen molar-refractivity contribution in [1.82, 2.24) is 15.0 Å². The van der Waals surface area contributed by atoms with E-state index in [1.807, 2.05) is 48.2 Å². The minimum Gasteiger partial charge on any atom is -0.306 e. The van der Waals surface area contributed by atoms with Crippen LogP contribution < -0.4 is 4.90 Å². The average molecular weight is 344 g/mol. The molecule has 0 spiro atoms. The summed E-state index contributed by atoms with van der Waals surface area (Å²) in [5.41, 5.74) is 4.46. The number of nitrogens with zero attached hydrogens (tertiary/aromatic N) is 4. The molecule has 2 heterocycles. The van der Waals surface area contributed by atoms with Crippen LogP contribution in [-0.2, 0) is 6.54 Å². The lowest BCUT2D eigenvalue weighted by molar-refractivity contribution is 0.627. The number of pyridine rings is 1. The summed E-state index contributed by atoms with van der Waals surface area (Å²) >= 11 is 0. The summed E-state index contributed by atoms with van der Waals surface area (Å²) in [7, 11) is 0. The molecule has 4 aromatic rings. The van der Waals surface area contributed by atoms with E-state index in [4.69, 9.17) is 0 Å². The molecule has 0 N–H and O–H groups in total. The number of fused-ring (bicyclic) bond motifs is 1.